The lowest BCUT2D eigenvalue weighted by molar-refractivity contribution is -0.139. The van der Waals surface area contributed by atoms with E-state index >= 15 is 0 Å². The molecule has 0 unspecified atom stereocenters. The number of fused-ring (bicyclic) bond motifs is 1. The highest BCUT2D eigenvalue weighted by molar-refractivity contribution is 9.10. The van der Waals surface area contributed by atoms with E-state index < -0.39 is 5.97 Å². The van der Waals surface area contributed by atoms with Crippen LogP contribution in [0.25, 0.3) is 10.8 Å². The highest BCUT2D eigenvalue weighted by Gasteiger charge is 2.12. The average Bonchev–Trinajstić information content (AvgIpc) is 3.14. The molecule has 2 aromatic carbocycles. The van der Waals surface area contributed by atoms with E-state index in [9.17, 15) is 9.59 Å². The fraction of sp³-hybridized carbons (Fsp3) is 0.111. The molecule has 3 aromatic rings. The van der Waals surface area contributed by atoms with Crippen LogP contribution in [0.2, 0.25) is 0 Å². The van der Waals surface area contributed by atoms with Crippen molar-refractivity contribution < 1.29 is 14.3 Å². The molecule has 0 saturated heterocycles. The maximum absolute atomic E-state index is 11.9. The Morgan fingerprint density at radius 2 is 1.92 bits per heavy atom. The van der Waals surface area contributed by atoms with Crippen LogP contribution >= 0.6 is 39.0 Å². The van der Waals surface area contributed by atoms with Gasteiger partial charge in [0.2, 0.25) is 5.78 Å². The van der Waals surface area contributed by atoms with Crippen LogP contribution in [0.4, 0.5) is 0 Å². The van der Waals surface area contributed by atoms with Gasteiger partial charge in [0.05, 0.1) is 10.6 Å². The Hall–Kier alpha value is -1.63. The third kappa shape index (κ3) is 4.06. The number of Topliss-reactive ketones (excluding diaryl/α,β-unsaturated/α-hetero) is 1. The lowest BCUT2D eigenvalue weighted by Gasteiger charge is -2.08. The van der Waals surface area contributed by atoms with Crippen molar-refractivity contribution in [2.24, 2.45) is 0 Å². The third-order valence-electron chi connectivity index (χ3n) is 3.33. The quantitative estimate of drug-likeness (QED) is 0.313. The van der Waals surface area contributed by atoms with E-state index in [0.29, 0.717) is 4.88 Å². The summed E-state index contributed by atoms with van der Waals surface area (Å²) in [6, 6.07) is 15.6. The van der Waals surface area contributed by atoms with Crippen molar-refractivity contribution in [2.75, 3.05) is 12.4 Å². The molecule has 0 amide bonds. The predicted molar refractivity (Wildman–Crippen MR) is 102 cm³/mol. The minimum Gasteiger partial charge on any atom is -0.457 e. The number of ketones is 1. The SMILES string of the molecule is O=C(CSc1ccc2ccccc2c1Br)OCC(=O)c1cccs1. The monoisotopic (exact) mass is 420 g/mol. The Kier molecular flexibility index (Phi) is 5.71. The number of rotatable bonds is 6. The summed E-state index contributed by atoms with van der Waals surface area (Å²) in [4.78, 5) is 25.2. The molecule has 0 aliphatic carbocycles. The van der Waals surface area contributed by atoms with Crippen molar-refractivity contribution in [2.45, 2.75) is 4.90 Å². The van der Waals surface area contributed by atoms with Gasteiger partial charge in [0.15, 0.2) is 6.61 Å². The van der Waals surface area contributed by atoms with Crippen LogP contribution in [0.3, 0.4) is 0 Å². The Morgan fingerprint density at radius 1 is 1.08 bits per heavy atom. The lowest BCUT2D eigenvalue weighted by Crippen LogP contribution is -2.14. The lowest BCUT2D eigenvalue weighted by atomic mass is 10.1. The second-order valence-electron chi connectivity index (χ2n) is 4.95. The van der Waals surface area contributed by atoms with Crippen LogP contribution in [-0.2, 0) is 9.53 Å². The molecule has 6 heteroatoms. The van der Waals surface area contributed by atoms with E-state index in [0.717, 1.165) is 20.1 Å². The van der Waals surface area contributed by atoms with Gasteiger partial charge in [0, 0.05) is 9.37 Å². The van der Waals surface area contributed by atoms with E-state index in [1.165, 1.54) is 23.1 Å². The van der Waals surface area contributed by atoms with Gasteiger partial charge < -0.3 is 4.74 Å². The molecule has 0 aliphatic heterocycles. The van der Waals surface area contributed by atoms with Gasteiger partial charge in [-0.05, 0) is 44.2 Å². The molecule has 1 heterocycles. The molecule has 3 rings (SSSR count). The maximum atomic E-state index is 11.9. The van der Waals surface area contributed by atoms with Crippen LogP contribution in [0.5, 0.6) is 0 Å². The van der Waals surface area contributed by atoms with Gasteiger partial charge in [-0.25, -0.2) is 0 Å². The first-order valence-corrected chi connectivity index (χ1v) is 9.83. The molecule has 0 N–H and O–H groups in total. The van der Waals surface area contributed by atoms with Crippen molar-refractivity contribution in [3.8, 4) is 0 Å². The van der Waals surface area contributed by atoms with Gasteiger partial charge in [-0.3, -0.25) is 9.59 Å². The number of hydrogen-bond acceptors (Lipinski definition) is 5. The molecule has 0 fully saturated rings. The van der Waals surface area contributed by atoms with E-state index in [4.69, 9.17) is 4.74 Å². The van der Waals surface area contributed by atoms with Gasteiger partial charge in [-0.2, -0.15) is 0 Å². The Bertz CT molecular complexity index is 875. The number of halogens is 1. The number of thiophene rings is 1. The summed E-state index contributed by atoms with van der Waals surface area (Å²) in [5, 5.41) is 4.06. The highest BCUT2D eigenvalue weighted by Crippen LogP contribution is 2.34. The van der Waals surface area contributed by atoms with Crippen LogP contribution in [0.15, 0.2) is 63.3 Å². The summed E-state index contributed by atoms with van der Waals surface area (Å²) in [7, 11) is 0. The second-order valence-corrected chi connectivity index (χ2v) is 7.71. The Morgan fingerprint density at radius 3 is 2.71 bits per heavy atom. The molecular weight excluding hydrogens is 408 g/mol. The normalized spacial score (nSPS) is 10.7. The summed E-state index contributed by atoms with van der Waals surface area (Å²) in [5.41, 5.74) is 0. The zero-order valence-corrected chi connectivity index (χ0v) is 15.7. The van der Waals surface area contributed by atoms with E-state index in [1.54, 1.807) is 12.1 Å². The Balaban J connectivity index is 1.56. The zero-order chi connectivity index (χ0) is 16.9. The molecule has 0 saturated carbocycles. The van der Waals surface area contributed by atoms with Crippen LogP contribution < -0.4 is 0 Å². The first-order valence-electron chi connectivity index (χ1n) is 7.17. The van der Waals surface area contributed by atoms with Gasteiger partial charge in [-0.15, -0.1) is 23.1 Å². The van der Waals surface area contributed by atoms with Gasteiger partial charge >= 0.3 is 5.97 Å². The Labute approximate surface area is 156 Å². The fourth-order valence-electron chi connectivity index (χ4n) is 2.16. The smallest absolute Gasteiger partial charge is 0.316 e. The summed E-state index contributed by atoms with van der Waals surface area (Å²) < 4.78 is 6.02. The fourth-order valence-corrected chi connectivity index (χ4v) is 4.40. The van der Waals surface area contributed by atoms with Crippen LogP contribution in [0, 0.1) is 0 Å². The van der Waals surface area contributed by atoms with Gasteiger partial charge in [0.1, 0.15) is 0 Å². The largest absolute Gasteiger partial charge is 0.457 e. The number of hydrogen-bond donors (Lipinski definition) is 0. The molecule has 0 radical (unpaired) electrons. The molecule has 0 bridgehead atoms. The molecule has 0 atom stereocenters. The minimum absolute atomic E-state index is 0.161. The topological polar surface area (TPSA) is 43.4 Å². The number of ether oxygens (including phenoxy) is 1. The maximum Gasteiger partial charge on any atom is 0.316 e. The van der Waals surface area contributed by atoms with Gasteiger partial charge in [-0.1, -0.05) is 36.4 Å². The summed E-state index contributed by atoms with van der Waals surface area (Å²) >= 11 is 6.33. The van der Waals surface area contributed by atoms with Crippen LogP contribution in [-0.4, -0.2) is 24.1 Å². The minimum atomic E-state index is -0.398. The number of carbonyl (C=O) groups is 2. The summed E-state index contributed by atoms with van der Waals surface area (Å²) in [6.45, 7) is -0.210. The summed E-state index contributed by atoms with van der Waals surface area (Å²) in [6.07, 6.45) is 0. The van der Waals surface area contributed by atoms with Crippen molar-refractivity contribution in [1.29, 1.82) is 0 Å². The van der Waals surface area contributed by atoms with Crippen molar-refractivity contribution in [3.05, 3.63) is 63.3 Å². The summed E-state index contributed by atoms with van der Waals surface area (Å²) in [5.74, 6) is -0.408. The number of benzene rings is 2. The first kappa shape index (κ1) is 17.2. The molecular formula is C18H13BrO3S2. The van der Waals surface area contributed by atoms with E-state index in [-0.39, 0.29) is 18.1 Å². The van der Waals surface area contributed by atoms with Crippen molar-refractivity contribution in [3.63, 3.8) is 0 Å². The number of esters is 1. The van der Waals surface area contributed by atoms with E-state index in [2.05, 4.69) is 15.9 Å². The number of carbonyl (C=O) groups excluding carboxylic acids is 2. The first-order chi connectivity index (χ1) is 11.6. The standard InChI is InChI=1S/C18H13BrO3S2/c19-18-13-5-2-1-4-12(13)7-8-16(18)24-11-17(21)22-10-14(20)15-6-3-9-23-15/h1-9H,10-11H2. The molecule has 122 valence electrons. The number of thioether (sulfide) groups is 1. The molecule has 0 spiro atoms. The van der Waals surface area contributed by atoms with Crippen molar-refractivity contribution in [1.82, 2.24) is 0 Å². The molecule has 24 heavy (non-hydrogen) atoms. The average molecular weight is 421 g/mol. The van der Waals surface area contributed by atoms with E-state index in [1.807, 2.05) is 41.8 Å². The second kappa shape index (κ2) is 7.96. The highest BCUT2D eigenvalue weighted by atomic mass is 79.9. The van der Waals surface area contributed by atoms with Crippen molar-refractivity contribution >= 4 is 61.6 Å². The molecule has 1 aromatic heterocycles. The predicted octanol–water partition coefficient (Wildman–Crippen LogP) is 5.18. The third-order valence-corrected chi connectivity index (χ3v) is 6.39. The molecule has 0 aliphatic rings. The molecule has 3 nitrogen and oxygen atoms in total. The van der Waals surface area contributed by atoms with Crippen LogP contribution in [0.1, 0.15) is 9.67 Å². The van der Waals surface area contributed by atoms with Gasteiger partial charge in [0.25, 0.3) is 0 Å². The zero-order valence-electron chi connectivity index (χ0n) is 12.5.